The Kier molecular flexibility index (Phi) is 7.53. The van der Waals surface area contributed by atoms with Crippen molar-refractivity contribution in [2.75, 3.05) is 24.2 Å². The predicted molar refractivity (Wildman–Crippen MR) is 143 cm³/mol. The number of carbonyl (C=O) groups excluding carboxylic acids is 2. The zero-order valence-corrected chi connectivity index (χ0v) is 20.9. The number of rotatable bonds is 8. The summed E-state index contributed by atoms with van der Waals surface area (Å²) < 4.78 is 0. The Hall–Kier alpha value is -4.33. The van der Waals surface area contributed by atoms with Crippen molar-refractivity contribution >= 4 is 34.2 Å². The molecule has 0 saturated carbocycles. The SMILES string of the molecule is CNC(=O)c1ccnc2c(C(C)C(C)CNc3cc(-c4ccc(NC(C)=O)cc4)ncn3)cccc12. The molecule has 8 heteroatoms. The van der Waals surface area contributed by atoms with E-state index in [-0.39, 0.29) is 23.7 Å². The number of amides is 2. The van der Waals surface area contributed by atoms with Gasteiger partial charge in [-0.15, -0.1) is 0 Å². The maximum Gasteiger partial charge on any atom is 0.251 e. The molecule has 2 aromatic heterocycles. The van der Waals surface area contributed by atoms with Gasteiger partial charge in [-0.1, -0.05) is 44.2 Å². The van der Waals surface area contributed by atoms with Crippen molar-refractivity contribution < 1.29 is 9.59 Å². The lowest BCUT2D eigenvalue weighted by molar-refractivity contribution is -0.114. The second-order valence-corrected chi connectivity index (χ2v) is 8.87. The molecule has 0 aliphatic carbocycles. The average molecular weight is 483 g/mol. The van der Waals surface area contributed by atoms with Crippen LogP contribution in [0.1, 0.15) is 42.6 Å². The van der Waals surface area contributed by atoms with Crippen molar-refractivity contribution in [3.8, 4) is 11.3 Å². The molecule has 36 heavy (non-hydrogen) atoms. The van der Waals surface area contributed by atoms with Crippen LogP contribution in [0, 0.1) is 5.92 Å². The highest BCUT2D eigenvalue weighted by Crippen LogP contribution is 2.31. The molecule has 4 rings (SSSR count). The van der Waals surface area contributed by atoms with E-state index >= 15 is 0 Å². The summed E-state index contributed by atoms with van der Waals surface area (Å²) in [6.45, 7) is 6.54. The molecule has 0 fully saturated rings. The molecule has 8 nitrogen and oxygen atoms in total. The topological polar surface area (TPSA) is 109 Å². The summed E-state index contributed by atoms with van der Waals surface area (Å²) in [5, 5.41) is 9.76. The van der Waals surface area contributed by atoms with Crippen molar-refractivity contribution in [1.29, 1.82) is 0 Å². The van der Waals surface area contributed by atoms with Gasteiger partial charge in [-0.3, -0.25) is 14.6 Å². The van der Waals surface area contributed by atoms with Crippen LogP contribution in [0.5, 0.6) is 0 Å². The summed E-state index contributed by atoms with van der Waals surface area (Å²) in [4.78, 5) is 36.9. The molecule has 184 valence electrons. The van der Waals surface area contributed by atoms with E-state index < -0.39 is 0 Å². The van der Waals surface area contributed by atoms with Crippen LogP contribution < -0.4 is 16.0 Å². The quantitative estimate of drug-likeness (QED) is 0.331. The van der Waals surface area contributed by atoms with E-state index in [4.69, 9.17) is 0 Å². The van der Waals surface area contributed by atoms with Crippen molar-refractivity contribution in [3.63, 3.8) is 0 Å². The lowest BCUT2D eigenvalue weighted by Gasteiger charge is -2.22. The molecule has 2 amide bonds. The highest BCUT2D eigenvalue weighted by molar-refractivity contribution is 6.06. The fourth-order valence-corrected chi connectivity index (χ4v) is 4.19. The van der Waals surface area contributed by atoms with Gasteiger partial charge in [-0.25, -0.2) is 9.97 Å². The van der Waals surface area contributed by atoms with Gasteiger partial charge in [0.1, 0.15) is 12.1 Å². The number of anilines is 2. The minimum atomic E-state index is -0.119. The second kappa shape index (κ2) is 10.9. The summed E-state index contributed by atoms with van der Waals surface area (Å²) in [7, 11) is 1.63. The molecular formula is C28H30N6O2. The van der Waals surface area contributed by atoms with E-state index in [1.807, 2.05) is 42.5 Å². The second-order valence-electron chi connectivity index (χ2n) is 8.87. The summed E-state index contributed by atoms with van der Waals surface area (Å²) >= 11 is 0. The molecule has 0 radical (unpaired) electrons. The molecule has 2 heterocycles. The third-order valence-corrected chi connectivity index (χ3v) is 6.39. The van der Waals surface area contributed by atoms with E-state index in [0.717, 1.165) is 39.2 Å². The maximum atomic E-state index is 12.3. The lowest BCUT2D eigenvalue weighted by atomic mass is 9.87. The molecule has 2 aromatic carbocycles. The molecule has 3 N–H and O–H groups in total. The molecule has 0 aliphatic rings. The fraction of sp³-hybridized carbons (Fsp3) is 0.250. The number of aromatic nitrogens is 3. The number of fused-ring (bicyclic) bond motifs is 1. The normalized spacial score (nSPS) is 12.6. The highest BCUT2D eigenvalue weighted by Gasteiger charge is 2.19. The third kappa shape index (κ3) is 5.49. The Balaban J connectivity index is 1.48. The van der Waals surface area contributed by atoms with Crippen LogP contribution in [0.2, 0.25) is 0 Å². The van der Waals surface area contributed by atoms with Gasteiger partial charge in [0.2, 0.25) is 5.91 Å². The fourth-order valence-electron chi connectivity index (χ4n) is 4.19. The van der Waals surface area contributed by atoms with E-state index in [9.17, 15) is 9.59 Å². The molecular weight excluding hydrogens is 452 g/mol. The number of pyridine rings is 1. The molecule has 0 aliphatic heterocycles. The van der Waals surface area contributed by atoms with Gasteiger partial charge < -0.3 is 16.0 Å². The van der Waals surface area contributed by atoms with E-state index in [0.29, 0.717) is 12.1 Å². The number of para-hydroxylation sites is 1. The van der Waals surface area contributed by atoms with Crippen LogP contribution in [-0.2, 0) is 4.79 Å². The van der Waals surface area contributed by atoms with E-state index in [2.05, 4.69) is 50.8 Å². The van der Waals surface area contributed by atoms with E-state index in [1.54, 1.807) is 25.6 Å². The largest absolute Gasteiger partial charge is 0.370 e. The smallest absolute Gasteiger partial charge is 0.251 e. The lowest BCUT2D eigenvalue weighted by Crippen LogP contribution is -2.19. The van der Waals surface area contributed by atoms with Gasteiger partial charge in [0.25, 0.3) is 5.91 Å². The summed E-state index contributed by atoms with van der Waals surface area (Å²) in [5.74, 6) is 0.965. The monoisotopic (exact) mass is 482 g/mol. The van der Waals surface area contributed by atoms with Crippen LogP contribution >= 0.6 is 0 Å². The standard InChI is InChI=1S/C28H30N6O2/c1-17(18(2)22-6-5-7-23-24(28(36)29-4)12-13-30-27(22)23)15-31-26-14-25(32-16-33-26)20-8-10-21(11-9-20)34-19(3)35/h5-14,16-18H,15H2,1-4H3,(H,29,36)(H,34,35)(H,31,32,33). The van der Waals surface area contributed by atoms with Crippen LogP contribution in [0.4, 0.5) is 11.5 Å². The first kappa shape index (κ1) is 24.8. The number of nitrogens with one attached hydrogen (secondary N) is 3. The van der Waals surface area contributed by atoms with Gasteiger partial charge in [-0.05, 0) is 35.6 Å². The van der Waals surface area contributed by atoms with Gasteiger partial charge in [0.15, 0.2) is 0 Å². The zero-order chi connectivity index (χ0) is 25.7. The summed E-state index contributed by atoms with van der Waals surface area (Å²) in [5.41, 5.74) is 5.06. The predicted octanol–water partition coefficient (Wildman–Crippen LogP) is 4.86. The minimum absolute atomic E-state index is 0.106. The van der Waals surface area contributed by atoms with Gasteiger partial charge in [0, 0.05) is 49.4 Å². The Morgan fingerprint density at radius 2 is 1.75 bits per heavy atom. The summed E-state index contributed by atoms with van der Waals surface area (Å²) in [6, 6.07) is 17.2. The van der Waals surface area contributed by atoms with Gasteiger partial charge >= 0.3 is 0 Å². The molecule has 0 spiro atoms. The molecule has 0 saturated heterocycles. The number of hydrogen-bond acceptors (Lipinski definition) is 6. The van der Waals surface area contributed by atoms with Crippen LogP contribution in [0.3, 0.4) is 0 Å². The van der Waals surface area contributed by atoms with Gasteiger partial charge in [-0.2, -0.15) is 0 Å². The number of nitrogens with zero attached hydrogens (tertiary/aromatic N) is 3. The zero-order valence-electron chi connectivity index (χ0n) is 20.9. The number of hydrogen-bond donors (Lipinski definition) is 3. The van der Waals surface area contributed by atoms with E-state index in [1.165, 1.54) is 6.92 Å². The number of carbonyl (C=O) groups is 2. The summed E-state index contributed by atoms with van der Waals surface area (Å²) in [6.07, 6.45) is 3.24. The van der Waals surface area contributed by atoms with Crippen molar-refractivity contribution in [2.24, 2.45) is 5.92 Å². The number of benzene rings is 2. The van der Waals surface area contributed by atoms with Crippen LogP contribution in [0.15, 0.2) is 67.1 Å². The molecule has 2 atom stereocenters. The third-order valence-electron chi connectivity index (χ3n) is 6.39. The molecule has 2 unspecified atom stereocenters. The van der Waals surface area contributed by atoms with Crippen molar-refractivity contribution in [3.05, 3.63) is 78.2 Å². The molecule has 0 bridgehead atoms. The Morgan fingerprint density at radius 1 is 0.972 bits per heavy atom. The Bertz CT molecular complexity index is 1390. The maximum absolute atomic E-state index is 12.3. The Labute approximate surface area is 210 Å². The molecule has 4 aromatic rings. The van der Waals surface area contributed by atoms with Gasteiger partial charge in [0.05, 0.1) is 16.8 Å². The highest BCUT2D eigenvalue weighted by atomic mass is 16.2. The Morgan fingerprint density at radius 3 is 2.47 bits per heavy atom. The first-order valence-corrected chi connectivity index (χ1v) is 11.9. The first-order chi connectivity index (χ1) is 17.4. The average Bonchev–Trinajstić information content (AvgIpc) is 2.90. The van der Waals surface area contributed by atoms with Crippen LogP contribution in [-0.4, -0.2) is 40.4 Å². The first-order valence-electron chi connectivity index (χ1n) is 11.9. The minimum Gasteiger partial charge on any atom is -0.370 e. The van der Waals surface area contributed by atoms with Crippen molar-refractivity contribution in [2.45, 2.75) is 26.7 Å². The van der Waals surface area contributed by atoms with Crippen molar-refractivity contribution in [1.82, 2.24) is 20.3 Å². The van der Waals surface area contributed by atoms with Crippen LogP contribution in [0.25, 0.3) is 22.2 Å².